The summed E-state index contributed by atoms with van der Waals surface area (Å²) in [5, 5.41) is 3.16. The van der Waals surface area contributed by atoms with Crippen LogP contribution in [0.5, 0.6) is 0 Å². The van der Waals surface area contributed by atoms with Crippen molar-refractivity contribution in [2.45, 2.75) is 64.7 Å². The number of amides is 2. The maximum atomic E-state index is 12.8. The van der Waals surface area contributed by atoms with Crippen molar-refractivity contribution in [3.63, 3.8) is 0 Å². The van der Waals surface area contributed by atoms with Crippen LogP contribution < -0.4 is 5.32 Å². The molecule has 4 aliphatic rings. The minimum absolute atomic E-state index is 0.0996. The highest BCUT2D eigenvalue weighted by Gasteiger charge is 2.50. The molecule has 4 fully saturated rings. The van der Waals surface area contributed by atoms with Gasteiger partial charge in [-0.05, 0) is 106 Å². The van der Waals surface area contributed by atoms with Crippen molar-refractivity contribution in [2.75, 3.05) is 19.6 Å². The van der Waals surface area contributed by atoms with Crippen molar-refractivity contribution < 1.29 is 4.79 Å². The van der Waals surface area contributed by atoms with Crippen molar-refractivity contribution in [3.8, 4) is 0 Å². The highest BCUT2D eigenvalue weighted by Crippen LogP contribution is 2.61. The number of rotatable bonds is 9. The summed E-state index contributed by atoms with van der Waals surface area (Å²) in [5.41, 5.74) is 1.81. The van der Waals surface area contributed by atoms with Crippen molar-refractivity contribution in [1.82, 2.24) is 15.2 Å². The monoisotopic (exact) mass is 395 g/mol. The summed E-state index contributed by atoms with van der Waals surface area (Å²) >= 11 is 0. The Balaban J connectivity index is 1.26. The molecule has 4 bridgehead atoms. The van der Waals surface area contributed by atoms with Gasteiger partial charge in [-0.3, -0.25) is 4.98 Å². The van der Waals surface area contributed by atoms with Crippen LogP contribution in [0.4, 0.5) is 4.79 Å². The lowest BCUT2D eigenvalue weighted by molar-refractivity contribution is -0.0593. The molecular formula is C25H37N3O. The van der Waals surface area contributed by atoms with Crippen LogP contribution >= 0.6 is 0 Å². The number of carbonyl (C=O) groups excluding carboxylic acids is 1. The van der Waals surface area contributed by atoms with Gasteiger partial charge < -0.3 is 10.2 Å². The van der Waals surface area contributed by atoms with Crippen molar-refractivity contribution in [3.05, 3.63) is 42.2 Å². The Morgan fingerprint density at radius 1 is 1.17 bits per heavy atom. The van der Waals surface area contributed by atoms with Crippen LogP contribution in [0.15, 0.2) is 36.7 Å². The van der Waals surface area contributed by atoms with Crippen LogP contribution in [0.2, 0.25) is 0 Å². The second-order valence-electron chi connectivity index (χ2n) is 9.87. The quantitative estimate of drug-likeness (QED) is 0.461. The summed E-state index contributed by atoms with van der Waals surface area (Å²) in [6, 6.07) is 4.19. The second kappa shape index (κ2) is 9.32. The van der Waals surface area contributed by atoms with E-state index in [9.17, 15) is 4.79 Å². The zero-order valence-corrected chi connectivity index (χ0v) is 18.0. The van der Waals surface area contributed by atoms with Gasteiger partial charge in [-0.1, -0.05) is 12.2 Å². The van der Waals surface area contributed by atoms with E-state index in [-0.39, 0.29) is 6.03 Å². The van der Waals surface area contributed by atoms with Crippen LogP contribution in [0.3, 0.4) is 0 Å². The first kappa shape index (κ1) is 20.4. The maximum Gasteiger partial charge on any atom is 0.317 e. The molecule has 0 aromatic carbocycles. The van der Waals surface area contributed by atoms with Crippen LogP contribution in [0, 0.1) is 23.2 Å². The Morgan fingerprint density at radius 3 is 2.45 bits per heavy atom. The number of aryl methyl sites for hydroxylation is 1. The molecule has 4 nitrogen and oxygen atoms in total. The van der Waals surface area contributed by atoms with Crippen LogP contribution in [0.25, 0.3) is 0 Å². The average Bonchev–Trinajstić information content (AvgIpc) is 2.71. The van der Waals surface area contributed by atoms with E-state index in [0.29, 0.717) is 5.41 Å². The SMILES string of the molecule is C/C=C/CN(CCC12CC3CC(CC(C3)C1)C2)C(=O)NCCCc1ccncc1. The van der Waals surface area contributed by atoms with Gasteiger partial charge in [-0.25, -0.2) is 4.79 Å². The molecule has 2 amide bonds. The lowest BCUT2D eigenvalue weighted by Crippen LogP contribution is -2.48. The minimum Gasteiger partial charge on any atom is -0.338 e. The zero-order valence-electron chi connectivity index (χ0n) is 18.0. The highest BCUT2D eigenvalue weighted by molar-refractivity contribution is 5.74. The molecule has 1 aromatic heterocycles. The Hall–Kier alpha value is -1.84. The summed E-state index contributed by atoms with van der Waals surface area (Å²) in [5.74, 6) is 2.94. The lowest BCUT2D eigenvalue weighted by atomic mass is 9.49. The van der Waals surface area contributed by atoms with Gasteiger partial charge in [0, 0.05) is 32.0 Å². The summed E-state index contributed by atoms with van der Waals surface area (Å²) in [7, 11) is 0. The molecule has 5 rings (SSSR count). The molecule has 29 heavy (non-hydrogen) atoms. The molecule has 0 radical (unpaired) electrons. The number of carbonyl (C=O) groups is 1. The molecule has 0 atom stereocenters. The molecule has 1 aromatic rings. The van der Waals surface area contributed by atoms with E-state index in [1.165, 1.54) is 50.5 Å². The number of urea groups is 1. The summed E-state index contributed by atoms with van der Waals surface area (Å²) < 4.78 is 0. The number of nitrogens with zero attached hydrogens (tertiary/aromatic N) is 2. The largest absolute Gasteiger partial charge is 0.338 e. The van der Waals surface area contributed by atoms with Gasteiger partial charge in [0.05, 0.1) is 0 Å². The van der Waals surface area contributed by atoms with Gasteiger partial charge in [0.25, 0.3) is 0 Å². The smallest absolute Gasteiger partial charge is 0.317 e. The van der Waals surface area contributed by atoms with Gasteiger partial charge in [0.2, 0.25) is 0 Å². The van der Waals surface area contributed by atoms with E-state index in [2.05, 4.69) is 22.5 Å². The minimum atomic E-state index is 0.0996. The molecular weight excluding hydrogens is 358 g/mol. The Labute approximate surface area is 176 Å². The average molecular weight is 396 g/mol. The number of allylic oxidation sites excluding steroid dienone is 1. The van der Waals surface area contributed by atoms with Crippen molar-refractivity contribution >= 4 is 6.03 Å². The maximum absolute atomic E-state index is 12.8. The first-order valence-corrected chi connectivity index (χ1v) is 11.7. The summed E-state index contributed by atoms with van der Waals surface area (Å²) in [6.45, 7) is 4.38. The number of pyridine rings is 1. The van der Waals surface area contributed by atoms with Crippen LogP contribution in [0.1, 0.15) is 63.9 Å². The summed E-state index contributed by atoms with van der Waals surface area (Å²) in [6.07, 6.45) is 19.7. The molecule has 0 unspecified atom stereocenters. The first-order valence-electron chi connectivity index (χ1n) is 11.7. The van der Waals surface area contributed by atoms with Crippen molar-refractivity contribution in [1.29, 1.82) is 0 Å². The fourth-order valence-electron chi connectivity index (χ4n) is 6.63. The van der Waals surface area contributed by atoms with Crippen LogP contribution in [-0.4, -0.2) is 35.5 Å². The third-order valence-corrected chi connectivity index (χ3v) is 7.59. The molecule has 0 aliphatic heterocycles. The molecule has 4 aliphatic carbocycles. The Bertz CT molecular complexity index is 664. The normalized spacial score (nSPS) is 30.0. The molecule has 4 saturated carbocycles. The van der Waals surface area contributed by atoms with E-state index in [1.807, 2.05) is 36.4 Å². The van der Waals surface area contributed by atoms with E-state index in [0.717, 1.165) is 50.2 Å². The molecule has 4 heteroatoms. The van der Waals surface area contributed by atoms with Gasteiger partial charge in [0.15, 0.2) is 0 Å². The predicted molar refractivity (Wildman–Crippen MR) is 118 cm³/mol. The number of aromatic nitrogens is 1. The van der Waals surface area contributed by atoms with E-state index >= 15 is 0 Å². The lowest BCUT2D eigenvalue weighted by Gasteiger charge is -2.57. The van der Waals surface area contributed by atoms with E-state index < -0.39 is 0 Å². The zero-order chi connectivity index (χ0) is 20.1. The third kappa shape index (κ3) is 5.21. The van der Waals surface area contributed by atoms with Gasteiger partial charge in [0.1, 0.15) is 0 Å². The number of hydrogen-bond donors (Lipinski definition) is 1. The van der Waals surface area contributed by atoms with E-state index in [1.54, 1.807) is 0 Å². The fraction of sp³-hybridized carbons (Fsp3) is 0.680. The molecule has 0 saturated heterocycles. The predicted octanol–water partition coefficient (Wildman–Crippen LogP) is 5.21. The van der Waals surface area contributed by atoms with Gasteiger partial charge in [-0.2, -0.15) is 0 Å². The fourth-order valence-corrected chi connectivity index (χ4v) is 6.63. The topological polar surface area (TPSA) is 45.2 Å². The van der Waals surface area contributed by atoms with Gasteiger partial charge in [-0.15, -0.1) is 0 Å². The Kier molecular flexibility index (Phi) is 6.56. The highest BCUT2D eigenvalue weighted by atomic mass is 16.2. The molecule has 1 N–H and O–H groups in total. The molecule has 158 valence electrons. The van der Waals surface area contributed by atoms with E-state index in [4.69, 9.17) is 0 Å². The standard InChI is InChI=1S/C25H37N3O/c1-2-3-12-28(24(29)27-9-4-5-20-6-10-26-11-7-20)13-8-25-17-21-14-22(18-25)16-23(15-21)19-25/h2-3,6-7,10-11,21-23H,4-5,8-9,12-19H2,1H3,(H,27,29)/b3-2+. The molecule has 0 spiro atoms. The van der Waals surface area contributed by atoms with Crippen molar-refractivity contribution in [2.24, 2.45) is 23.2 Å². The summed E-state index contributed by atoms with van der Waals surface area (Å²) in [4.78, 5) is 18.9. The number of nitrogens with one attached hydrogen (secondary N) is 1. The molecule has 1 heterocycles. The third-order valence-electron chi connectivity index (χ3n) is 7.59. The first-order chi connectivity index (χ1) is 14.2. The van der Waals surface area contributed by atoms with Gasteiger partial charge >= 0.3 is 6.03 Å². The van der Waals surface area contributed by atoms with Crippen LogP contribution in [-0.2, 0) is 6.42 Å². The Morgan fingerprint density at radius 2 is 1.83 bits per heavy atom. The number of hydrogen-bond acceptors (Lipinski definition) is 2. The second-order valence-corrected chi connectivity index (χ2v) is 9.87.